The molecule has 2 aromatic heterocycles. The number of aromatic nitrogens is 2. The molecule has 1 atom stereocenters. The maximum Gasteiger partial charge on any atom is 0.287 e. The molecule has 5 rings (SSSR count). The van der Waals surface area contributed by atoms with Gasteiger partial charge in [-0.15, -0.1) is 0 Å². The van der Waals surface area contributed by atoms with Crippen LogP contribution < -0.4 is 5.32 Å². The zero-order valence-electron chi connectivity index (χ0n) is 18.4. The quantitative estimate of drug-likeness (QED) is 0.597. The van der Waals surface area contributed by atoms with Crippen molar-refractivity contribution in [3.8, 4) is 0 Å². The number of nitrogens with one attached hydrogen (secondary N) is 1. The number of carbonyl (C=O) groups is 1. The van der Waals surface area contributed by atoms with Crippen LogP contribution in [0.4, 0.5) is 0 Å². The van der Waals surface area contributed by atoms with Gasteiger partial charge in [0.25, 0.3) is 15.9 Å². The molecule has 8 nitrogen and oxygen atoms in total. The van der Waals surface area contributed by atoms with Crippen LogP contribution in [0, 0.1) is 0 Å². The molecule has 1 aliphatic heterocycles. The van der Waals surface area contributed by atoms with Crippen LogP contribution in [0.15, 0.2) is 58.2 Å². The molecule has 0 bridgehead atoms. The number of nitrogens with zero attached hydrogens (tertiary/aromatic N) is 3. The molecule has 0 saturated carbocycles. The number of hydrogen-bond donors (Lipinski definition) is 1. The summed E-state index contributed by atoms with van der Waals surface area (Å²) in [6, 6.07) is 12.8. The molecule has 3 heterocycles. The first-order valence-corrected chi connectivity index (χ1v) is 13.0. The van der Waals surface area contributed by atoms with Crippen molar-refractivity contribution in [2.75, 3.05) is 13.1 Å². The van der Waals surface area contributed by atoms with Gasteiger partial charge >= 0.3 is 0 Å². The van der Waals surface area contributed by atoms with Gasteiger partial charge in [-0.3, -0.25) is 9.48 Å². The molecule has 33 heavy (non-hydrogen) atoms. The fourth-order valence-electron chi connectivity index (χ4n) is 4.70. The number of piperidine rings is 1. The van der Waals surface area contributed by atoms with E-state index >= 15 is 0 Å². The monoisotopic (exact) mass is 468 g/mol. The number of carbonyl (C=O) groups excluding carboxylic acids is 1. The molecule has 1 saturated heterocycles. The summed E-state index contributed by atoms with van der Waals surface area (Å²) >= 11 is 0. The second-order valence-corrected chi connectivity index (χ2v) is 10.6. The number of fused-ring (bicyclic) bond motifs is 1. The average Bonchev–Trinajstić information content (AvgIpc) is 3.50. The molecule has 1 N–H and O–H groups in total. The van der Waals surface area contributed by atoms with Gasteiger partial charge in [0.2, 0.25) is 5.09 Å². The summed E-state index contributed by atoms with van der Waals surface area (Å²) in [7, 11) is -3.71. The first-order chi connectivity index (χ1) is 16.0. The minimum atomic E-state index is -3.71. The lowest BCUT2D eigenvalue weighted by Gasteiger charge is -2.24. The Kier molecular flexibility index (Phi) is 6.07. The van der Waals surface area contributed by atoms with Crippen LogP contribution in [0.1, 0.15) is 65.5 Å². The average molecular weight is 469 g/mol. The van der Waals surface area contributed by atoms with Crippen LogP contribution in [-0.4, -0.2) is 41.5 Å². The fraction of sp³-hybridized carbons (Fsp3) is 0.417. The van der Waals surface area contributed by atoms with Crippen molar-refractivity contribution in [2.45, 2.75) is 56.2 Å². The number of amides is 1. The first kappa shape index (κ1) is 21.9. The van der Waals surface area contributed by atoms with Crippen LogP contribution in [0.5, 0.6) is 0 Å². The zero-order chi connectivity index (χ0) is 22.8. The molecule has 174 valence electrons. The van der Waals surface area contributed by atoms with Gasteiger partial charge in [-0.05, 0) is 49.8 Å². The van der Waals surface area contributed by atoms with E-state index in [-0.39, 0.29) is 16.9 Å². The van der Waals surface area contributed by atoms with Crippen molar-refractivity contribution in [1.82, 2.24) is 19.4 Å². The lowest BCUT2D eigenvalue weighted by Crippen LogP contribution is -2.35. The van der Waals surface area contributed by atoms with Crippen LogP contribution >= 0.6 is 0 Å². The second-order valence-electron chi connectivity index (χ2n) is 8.69. The molecule has 1 fully saturated rings. The highest BCUT2D eigenvalue weighted by Crippen LogP contribution is 2.31. The third kappa shape index (κ3) is 4.47. The van der Waals surface area contributed by atoms with E-state index in [2.05, 4.69) is 22.5 Å². The SMILES string of the molecule is O=C(NC1CCCc2c1cnn2Cc1ccccc1)c1ccc(S(=O)(=O)N2CCCCC2)o1. The maximum absolute atomic E-state index is 12.9. The molecule has 0 spiro atoms. The van der Waals surface area contributed by atoms with Crippen LogP contribution in [0.3, 0.4) is 0 Å². The lowest BCUT2D eigenvalue weighted by molar-refractivity contribution is 0.0899. The number of hydrogen-bond acceptors (Lipinski definition) is 5. The Morgan fingerprint density at radius 2 is 1.85 bits per heavy atom. The minimum absolute atomic E-state index is 0.00869. The predicted octanol–water partition coefficient (Wildman–Crippen LogP) is 3.51. The molecule has 2 aliphatic rings. The van der Waals surface area contributed by atoms with Crippen molar-refractivity contribution in [1.29, 1.82) is 0 Å². The summed E-state index contributed by atoms with van der Waals surface area (Å²) in [5.41, 5.74) is 3.31. The number of rotatable bonds is 6. The Morgan fingerprint density at radius 1 is 1.06 bits per heavy atom. The normalized spacial score (nSPS) is 19.2. The van der Waals surface area contributed by atoms with Crippen molar-refractivity contribution < 1.29 is 17.6 Å². The molecular weight excluding hydrogens is 440 g/mol. The highest BCUT2D eigenvalue weighted by atomic mass is 32.2. The molecule has 0 radical (unpaired) electrons. The van der Waals surface area contributed by atoms with Crippen molar-refractivity contribution in [3.05, 3.63) is 71.2 Å². The highest BCUT2D eigenvalue weighted by molar-refractivity contribution is 7.89. The van der Waals surface area contributed by atoms with Crippen LogP contribution in [0.25, 0.3) is 0 Å². The van der Waals surface area contributed by atoms with Crippen LogP contribution in [0.2, 0.25) is 0 Å². The molecule has 3 aromatic rings. The third-order valence-electron chi connectivity index (χ3n) is 6.46. The Balaban J connectivity index is 1.30. The van der Waals surface area contributed by atoms with E-state index < -0.39 is 15.9 Å². The summed E-state index contributed by atoms with van der Waals surface area (Å²) in [4.78, 5) is 12.9. The van der Waals surface area contributed by atoms with Gasteiger partial charge in [-0.1, -0.05) is 36.8 Å². The van der Waals surface area contributed by atoms with Gasteiger partial charge < -0.3 is 9.73 Å². The first-order valence-electron chi connectivity index (χ1n) is 11.5. The molecular formula is C24H28N4O4S. The van der Waals surface area contributed by atoms with Gasteiger partial charge in [-0.25, -0.2) is 8.42 Å². The molecule has 1 aromatic carbocycles. The van der Waals surface area contributed by atoms with Crippen LogP contribution in [-0.2, 0) is 23.0 Å². The number of benzene rings is 1. The summed E-state index contributed by atoms with van der Waals surface area (Å²) in [5.74, 6) is -0.405. The molecule has 1 unspecified atom stereocenters. The van der Waals surface area contributed by atoms with Gasteiger partial charge in [0.05, 0.1) is 18.8 Å². The largest absolute Gasteiger partial charge is 0.438 e. The summed E-state index contributed by atoms with van der Waals surface area (Å²) in [6.07, 6.45) is 7.19. The van der Waals surface area contributed by atoms with E-state index in [0.717, 1.165) is 49.8 Å². The smallest absolute Gasteiger partial charge is 0.287 e. The standard InChI is InChI=1S/C24H28N4O4S/c29-24(22-12-13-23(32-22)33(30,31)27-14-5-2-6-15-27)26-20-10-7-11-21-19(20)16-25-28(21)17-18-8-3-1-4-9-18/h1,3-4,8-9,12-13,16,20H,2,5-7,10-11,14-15,17H2,(H,26,29). The topological polar surface area (TPSA) is 97.4 Å². The van der Waals surface area contributed by atoms with Gasteiger partial charge in [0.1, 0.15) is 0 Å². The Morgan fingerprint density at radius 3 is 2.64 bits per heavy atom. The molecule has 1 aliphatic carbocycles. The number of furan rings is 1. The Labute approximate surface area is 193 Å². The van der Waals surface area contributed by atoms with E-state index in [9.17, 15) is 13.2 Å². The zero-order valence-corrected chi connectivity index (χ0v) is 19.3. The van der Waals surface area contributed by atoms with Gasteiger partial charge in [0.15, 0.2) is 5.76 Å². The van der Waals surface area contributed by atoms with E-state index in [1.165, 1.54) is 22.0 Å². The minimum Gasteiger partial charge on any atom is -0.438 e. The highest BCUT2D eigenvalue weighted by Gasteiger charge is 2.31. The Bertz CT molecular complexity index is 1230. The maximum atomic E-state index is 12.9. The van der Waals surface area contributed by atoms with Crippen molar-refractivity contribution in [2.24, 2.45) is 0 Å². The fourth-order valence-corrected chi connectivity index (χ4v) is 6.13. The van der Waals surface area contributed by atoms with E-state index in [1.807, 2.05) is 29.1 Å². The van der Waals surface area contributed by atoms with E-state index in [1.54, 1.807) is 0 Å². The van der Waals surface area contributed by atoms with Gasteiger partial charge in [0, 0.05) is 24.3 Å². The van der Waals surface area contributed by atoms with E-state index in [4.69, 9.17) is 4.42 Å². The van der Waals surface area contributed by atoms with Gasteiger partial charge in [-0.2, -0.15) is 9.40 Å². The second kappa shape index (κ2) is 9.15. The molecule has 1 amide bonds. The Hall–Kier alpha value is -2.91. The van der Waals surface area contributed by atoms with E-state index in [0.29, 0.717) is 19.6 Å². The molecule has 9 heteroatoms. The summed E-state index contributed by atoms with van der Waals surface area (Å²) < 4.78 is 34.6. The third-order valence-corrected chi connectivity index (χ3v) is 8.23. The number of sulfonamides is 1. The lowest BCUT2D eigenvalue weighted by atomic mass is 9.93. The predicted molar refractivity (Wildman–Crippen MR) is 122 cm³/mol. The summed E-state index contributed by atoms with van der Waals surface area (Å²) in [6.45, 7) is 1.66. The van der Waals surface area contributed by atoms with Crippen molar-refractivity contribution >= 4 is 15.9 Å². The van der Waals surface area contributed by atoms with Crippen molar-refractivity contribution in [3.63, 3.8) is 0 Å². The summed E-state index contributed by atoms with van der Waals surface area (Å²) in [5, 5.41) is 7.42.